The fourth-order valence-electron chi connectivity index (χ4n) is 2.36. The molecule has 0 aromatic heterocycles. The molecule has 0 amide bonds. The Morgan fingerprint density at radius 2 is 1.05 bits per heavy atom. The van der Waals surface area contributed by atoms with Gasteiger partial charge in [-0.3, -0.25) is 0 Å². The zero-order chi connectivity index (χ0) is 14.4. The van der Waals surface area contributed by atoms with Crippen LogP contribution in [0.2, 0.25) is 0 Å². The fraction of sp³-hybridized carbons (Fsp3) is 1.00. The van der Waals surface area contributed by atoms with E-state index in [0.29, 0.717) is 0 Å². The number of hydrogen-bond acceptors (Lipinski definition) is 4. The van der Waals surface area contributed by atoms with Gasteiger partial charge in [0.2, 0.25) is 0 Å². The van der Waals surface area contributed by atoms with Crippen LogP contribution in [0, 0.1) is 0 Å². The van der Waals surface area contributed by atoms with Gasteiger partial charge in [0.1, 0.15) is 0 Å². The summed E-state index contributed by atoms with van der Waals surface area (Å²) in [4.78, 5) is 0. The average Bonchev–Trinajstić information content (AvgIpc) is 2.37. The van der Waals surface area contributed by atoms with Gasteiger partial charge in [0.15, 0.2) is 0 Å². The number of rotatable bonds is 14. The third kappa shape index (κ3) is 14.1. The lowest BCUT2D eigenvalue weighted by Gasteiger charge is -2.24. The molecule has 0 spiro atoms. The van der Waals surface area contributed by atoms with E-state index >= 15 is 0 Å². The highest BCUT2D eigenvalue weighted by Gasteiger charge is 2.17. The van der Waals surface area contributed by atoms with E-state index < -0.39 is 5.66 Å². The number of unbranched alkanes of at least 4 members (excludes halogenated alkanes) is 6. The molecule has 19 heavy (non-hydrogen) atoms. The minimum Gasteiger partial charge on any atom is -0.320 e. The summed E-state index contributed by atoms with van der Waals surface area (Å²) in [5, 5.41) is 6.31. The van der Waals surface area contributed by atoms with Gasteiger partial charge in [-0.2, -0.15) is 0 Å². The van der Waals surface area contributed by atoms with Crippen molar-refractivity contribution in [3.8, 4) is 0 Å². The highest BCUT2D eigenvalue weighted by molar-refractivity contribution is 4.76. The van der Waals surface area contributed by atoms with Gasteiger partial charge in [-0.1, -0.05) is 38.5 Å². The Morgan fingerprint density at radius 1 is 0.632 bits per heavy atom. The molecule has 0 aliphatic rings. The Kier molecular flexibility index (Phi) is 12.7. The normalized spacial score (nSPS) is 12.0. The standard InChI is InChI=1S/C15H36N4/c1-18-13-9-7-5-3-4-6-8-11-15(16,17)12-10-14-19-2/h18-19H,3-14,16-17H2,1-2H3. The molecule has 4 nitrogen and oxygen atoms in total. The predicted octanol–water partition coefficient (Wildman–Crippen LogP) is 1.94. The maximum Gasteiger partial charge on any atom is 0.0637 e. The Bertz CT molecular complexity index is 183. The second kappa shape index (κ2) is 12.9. The van der Waals surface area contributed by atoms with Crippen molar-refractivity contribution in [1.82, 2.24) is 10.6 Å². The zero-order valence-electron chi connectivity index (χ0n) is 13.1. The Labute approximate surface area is 120 Å². The van der Waals surface area contributed by atoms with Crippen LogP contribution in [0.25, 0.3) is 0 Å². The third-order valence-corrected chi connectivity index (χ3v) is 3.64. The first-order chi connectivity index (χ1) is 9.12. The smallest absolute Gasteiger partial charge is 0.0637 e. The van der Waals surface area contributed by atoms with E-state index in [2.05, 4.69) is 10.6 Å². The summed E-state index contributed by atoms with van der Waals surface area (Å²) >= 11 is 0. The minimum atomic E-state index is -0.455. The quantitative estimate of drug-likeness (QED) is 0.288. The van der Waals surface area contributed by atoms with Crippen LogP contribution in [-0.4, -0.2) is 32.8 Å². The monoisotopic (exact) mass is 272 g/mol. The molecule has 6 N–H and O–H groups in total. The van der Waals surface area contributed by atoms with Crippen LogP contribution in [0.4, 0.5) is 0 Å². The molecule has 0 aromatic rings. The summed E-state index contributed by atoms with van der Waals surface area (Å²) in [6.07, 6.45) is 12.1. The van der Waals surface area contributed by atoms with Crippen LogP contribution in [0.5, 0.6) is 0 Å². The summed E-state index contributed by atoms with van der Waals surface area (Å²) < 4.78 is 0. The molecular weight excluding hydrogens is 236 g/mol. The molecule has 0 bridgehead atoms. The number of hydrogen-bond donors (Lipinski definition) is 4. The van der Waals surface area contributed by atoms with Crippen molar-refractivity contribution in [3.63, 3.8) is 0 Å². The highest BCUT2D eigenvalue weighted by atomic mass is 14.9. The summed E-state index contributed by atoms with van der Waals surface area (Å²) in [5.74, 6) is 0. The van der Waals surface area contributed by atoms with Crippen molar-refractivity contribution in [1.29, 1.82) is 0 Å². The van der Waals surface area contributed by atoms with Crippen LogP contribution in [0.15, 0.2) is 0 Å². The van der Waals surface area contributed by atoms with E-state index in [-0.39, 0.29) is 0 Å². The molecule has 4 heteroatoms. The maximum absolute atomic E-state index is 6.10. The molecule has 0 aromatic carbocycles. The zero-order valence-corrected chi connectivity index (χ0v) is 13.1. The van der Waals surface area contributed by atoms with Crippen LogP contribution >= 0.6 is 0 Å². The lowest BCUT2D eigenvalue weighted by Crippen LogP contribution is -2.49. The largest absolute Gasteiger partial charge is 0.320 e. The van der Waals surface area contributed by atoms with Gasteiger partial charge in [0.25, 0.3) is 0 Å². The molecule has 0 aliphatic carbocycles. The van der Waals surface area contributed by atoms with E-state index in [0.717, 1.165) is 32.4 Å². The van der Waals surface area contributed by atoms with Crippen LogP contribution in [0.3, 0.4) is 0 Å². The topological polar surface area (TPSA) is 76.1 Å². The second-order valence-corrected chi connectivity index (χ2v) is 5.77. The Hall–Kier alpha value is -0.160. The van der Waals surface area contributed by atoms with Crippen molar-refractivity contribution in [2.75, 3.05) is 27.2 Å². The molecule has 0 saturated heterocycles. The van der Waals surface area contributed by atoms with E-state index in [1.54, 1.807) is 0 Å². The van der Waals surface area contributed by atoms with Gasteiger partial charge in [0, 0.05) is 0 Å². The summed E-state index contributed by atoms with van der Waals surface area (Å²) in [5.41, 5.74) is 11.7. The summed E-state index contributed by atoms with van der Waals surface area (Å²) in [6.45, 7) is 2.15. The first-order valence-electron chi connectivity index (χ1n) is 7.99. The van der Waals surface area contributed by atoms with Crippen LogP contribution in [-0.2, 0) is 0 Å². The molecule has 0 radical (unpaired) electrons. The second-order valence-electron chi connectivity index (χ2n) is 5.77. The van der Waals surface area contributed by atoms with E-state index in [9.17, 15) is 0 Å². The van der Waals surface area contributed by atoms with Crippen molar-refractivity contribution in [3.05, 3.63) is 0 Å². The molecule has 0 saturated carbocycles. The van der Waals surface area contributed by atoms with E-state index in [1.165, 1.54) is 44.9 Å². The van der Waals surface area contributed by atoms with Gasteiger partial charge < -0.3 is 22.1 Å². The molecule has 0 atom stereocenters. The molecule has 116 valence electrons. The summed E-state index contributed by atoms with van der Waals surface area (Å²) in [6, 6.07) is 0. The fourth-order valence-corrected chi connectivity index (χ4v) is 2.36. The van der Waals surface area contributed by atoms with Gasteiger partial charge in [0.05, 0.1) is 5.66 Å². The van der Waals surface area contributed by atoms with Crippen LogP contribution < -0.4 is 22.1 Å². The van der Waals surface area contributed by atoms with Gasteiger partial charge >= 0.3 is 0 Å². The first-order valence-corrected chi connectivity index (χ1v) is 7.99. The van der Waals surface area contributed by atoms with Crippen LogP contribution in [0.1, 0.15) is 64.2 Å². The van der Waals surface area contributed by atoms with Crippen molar-refractivity contribution >= 4 is 0 Å². The number of nitrogens with one attached hydrogen (secondary N) is 2. The third-order valence-electron chi connectivity index (χ3n) is 3.64. The van der Waals surface area contributed by atoms with Gasteiger partial charge in [-0.05, 0) is 52.9 Å². The summed E-state index contributed by atoms with van der Waals surface area (Å²) in [7, 11) is 3.98. The molecular formula is C15H36N4. The van der Waals surface area contributed by atoms with E-state index in [4.69, 9.17) is 11.5 Å². The molecule has 0 rings (SSSR count). The lowest BCUT2D eigenvalue weighted by molar-refractivity contribution is 0.350. The van der Waals surface area contributed by atoms with Crippen molar-refractivity contribution < 1.29 is 0 Å². The van der Waals surface area contributed by atoms with Crippen molar-refractivity contribution in [2.24, 2.45) is 11.5 Å². The molecule has 0 heterocycles. The number of nitrogens with two attached hydrogens (primary N) is 2. The first kappa shape index (κ1) is 18.8. The molecule has 0 fully saturated rings. The maximum atomic E-state index is 6.10. The average molecular weight is 272 g/mol. The van der Waals surface area contributed by atoms with Gasteiger partial charge in [-0.25, -0.2) is 0 Å². The Morgan fingerprint density at radius 3 is 1.63 bits per heavy atom. The van der Waals surface area contributed by atoms with Gasteiger partial charge in [-0.15, -0.1) is 0 Å². The van der Waals surface area contributed by atoms with E-state index in [1.807, 2.05) is 14.1 Å². The van der Waals surface area contributed by atoms with Crippen molar-refractivity contribution in [2.45, 2.75) is 69.9 Å². The molecule has 0 aliphatic heterocycles. The lowest BCUT2D eigenvalue weighted by atomic mass is 9.97. The Balaban J connectivity index is 3.27. The highest BCUT2D eigenvalue weighted by Crippen LogP contribution is 2.14. The molecule has 0 unspecified atom stereocenters. The minimum absolute atomic E-state index is 0.455. The SMILES string of the molecule is CNCCCCCCCCCC(N)(N)CCCNC. The predicted molar refractivity (Wildman–Crippen MR) is 85.1 cm³/mol.